The molecule has 0 heterocycles. The largest absolute Gasteiger partial charge is 0.490 e. The molecule has 0 spiro atoms. The second-order valence-corrected chi connectivity index (χ2v) is 4.09. The number of carbonyl (C=O) groups is 2. The molecule has 0 rings (SSSR count). The molecule has 0 saturated carbocycles. The summed E-state index contributed by atoms with van der Waals surface area (Å²) in [6, 6.07) is 0. The van der Waals surface area contributed by atoms with E-state index < -0.39 is 34.3 Å². The van der Waals surface area contributed by atoms with Crippen LogP contribution < -0.4 is 5.14 Å². The minimum atomic E-state index is -5.08. The number of carboxylic acids is 2. The first-order chi connectivity index (χ1) is 7.89. The molecule has 0 aromatic carbocycles. The molecule has 0 aromatic rings. The fraction of sp³-hybridized carbons (Fsp3) is 0.600. The molecule has 0 aliphatic rings. The van der Waals surface area contributed by atoms with E-state index in [2.05, 4.69) is 5.14 Å². The Morgan fingerprint density at radius 3 is 0.947 bits per heavy atom. The van der Waals surface area contributed by atoms with E-state index >= 15 is 0 Å². The molecule has 14 heteroatoms. The lowest BCUT2D eigenvalue weighted by atomic mass is 10.7. The van der Waals surface area contributed by atoms with Gasteiger partial charge in [-0.3, -0.25) is 0 Å². The predicted octanol–water partition coefficient (Wildman–Crippen LogP) is 0.171. The Morgan fingerprint density at radius 2 is 0.947 bits per heavy atom. The zero-order valence-corrected chi connectivity index (χ0v) is 9.60. The normalized spacial score (nSPS) is 11.4. The Kier molecular flexibility index (Phi) is 9.25. The third kappa shape index (κ3) is 31.4. The van der Waals surface area contributed by atoms with Crippen molar-refractivity contribution in [3.63, 3.8) is 0 Å². The van der Waals surface area contributed by atoms with Crippen LogP contribution in [0.1, 0.15) is 0 Å². The van der Waals surface area contributed by atoms with Crippen molar-refractivity contribution in [2.45, 2.75) is 12.4 Å². The van der Waals surface area contributed by atoms with Crippen LogP contribution in [-0.2, 0) is 19.6 Å². The summed E-state index contributed by atoms with van der Waals surface area (Å²) >= 11 is 0. The molecule has 0 amide bonds. The molecule has 0 aliphatic heterocycles. The standard InChI is InChI=1S/2C2HF3O2.CH5NO2S/c2*3-2(4,5)1(6)7;1-5(2,3)4/h2*(H,6,7);1H3,(H2,2,3,4). The van der Waals surface area contributed by atoms with Crippen LogP contribution in [0.2, 0.25) is 0 Å². The maximum Gasteiger partial charge on any atom is 0.490 e. The number of alkyl halides is 6. The Balaban J connectivity index is -0.000000206. The molecule has 0 radical (unpaired) electrons. The van der Waals surface area contributed by atoms with Crippen molar-refractivity contribution in [2.24, 2.45) is 5.14 Å². The van der Waals surface area contributed by atoms with Crippen LogP contribution in [0, 0.1) is 0 Å². The Morgan fingerprint density at radius 1 is 0.895 bits per heavy atom. The van der Waals surface area contributed by atoms with Gasteiger partial charge < -0.3 is 10.2 Å². The Bertz CT molecular complexity index is 365. The van der Waals surface area contributed by atoms with Crippen molar-refractivity contribution in [2.75, 3.05) is 6.26 Å². The summed E-state index contributed by atoms with van der Waals surface area (Å²) in [6.07, 6.45) is -9.23. The quantitative estimate of drug-likeness (QED) is 0.544. The van der Waals surface area contributed by atoms with Crippen LogP contribution >= 0.6 is 0 Å². The molecule has 0 saturated heterocycles. The minimum Gasteiger partial charge on any atom is -0.475 e. The van der Waals surface area contributed by atoms with Crippen molar-refractivity contribution in [1.82, 2.24) is 0 Å². The number of halogens is 6. The maximum atomic E-state index is 10.6. The fourth-order valence-corrected chi connectivity index (χ4v) is 0. The van der Waals surface area contributed by atoms with Gasteiger partial charge in [-0.05, 0) is 0 Å². The van der Waals surface area contributed by atoms with E-state index in [0.29, 0.717) is 0 Å². The van der Waals surface area contributed by atoms with Gasteiger partial charge in [0.1, 0.15) is 0 Å². The van der Waals surface area contributed by atoms with E-state index in [1.54, 1.807) is 0 Å². The summed E-state index contributed by atoms with van der Waals surface area (Å²) in [6.45, 7) is 0. The van der Waals surface area contributed by atoms with Gasteiger partial charge >= 0.3 is 24.3 Å². The van der Waals surface area contributed by atoms with E-state index in [-0.39, 0.29) is 0 Å². The van der Waals surface area contributed by atoms with Crippen LogP contribution in [0.25, 0.3) is 0 Å². The molecule has 7 nitrogen and oxygen atoms in total. The lowest BCUT2D eigenvalue weighted by Gasteiger charge is -1.93. The average Bonchev–Trinajstić information content (AvgIpc) is 1.97. The Hall–Kier alpha value is -1.57. The highest BCUT2D eigenvalue weighted by Crippen LogP contribution is 2.13. The van der Waals surface area contributed by atoms with Crippen molar-refractivity contribution in [1.29, 1.82) is 0 Å². The van der Waals surface area contributed by atoms with E-state index in [4.69, 9.17) is 19.8 Å². The van der Waals surface area contributed by atoms with Gasteiger partial charge in [-0.15, -0.1) is 0 Å². The summed E-state index contributed by atoms with van der Waals surface area (Å²) in [5, 5.41) is 18.6. The predicted molar refractivity (Wildman–Crippen MR) is 46.4 cm³/mol. The molecule has 0 aromatic heterocycles. The zero-order valence-electron chi connectivity index (χ0n) is 8.78. The SMILES string of the molecule is CS(N)(=O)=O.O=C(O)C(F)(F)F.O=C(O)C(F)(F)F. The highest BCUT2D eigenvalue weighted by molar-refractivity contribution is 7.88. The molecule has 0 aliphatic carbocycles. The number of nitrogens with two attached hydrogens (primary N) is 1. The van der Waals surface area contributed by atoms with Crippen molar-refractivity contribution in [3.8, 4) is 0 Å². The van der Waals surface area contributed by atoms with Crippen molar-refractivity contribution in [3.05, 3.63) is 0 Å². The van der Waals surface area contributed by atoms with Crippen LogP contribution in [0.3, 0.4) is 0 Å². The highest BCUT2D eigenvalue weighted by Gasteiger charge is 2.38. The van der Waals surface area contributed by atoms with Gasteiger partial charge in [0.15, 0.2) is 0 Å². The van der Waals surface area contributed by atoms with Gasteiger partial charge in [-0.25, -0.2) is 23.1 Å². The monoisotopic (exact) mass is 323 g/mol. The smallest absolute Gasteiger partial charge is 0.475 e. The Labute approximate surface area is 101 Å². The first kappa shape index (κ1) is 22.6. The first-order valence-electron chi connectivity index (χ1n) is 3.47. The number of rotatable bonds is 0. The van der Waals surface area contributed by atoms with Crippen LogP contribution in [0.15, 0.2) is 0 Å². The van der Waals surface area contributed by atoms with Crippen LogP contribution in [0.5, 0.6) is 0 Å². The van der Waals surface area contributed by atoms with Gasteiger partial charge in [0.25, 0.3) is 0 Å². The van der Waals surface area contributed by atoms with Crippen molar-refractivity contribution < 1.29 is 54.6 Å². The summed E-state index contributed by atoms with van der Waals surface area (Å²) in [7, 11) is -3.17. The average molecular weight is 323 g/mol. The number of hydrogen-bond acceptors (Lipinski definition) is 4. The summed E-state index contributed by atoms with van der Waals surface area (Å²) in [5.41, 5.74) is 0. The van der Waals surface area contributed by atoms with Gasteiger partial charge in [-0.1, -0.05) is 0 Å². The molecule has 0 fully saturated rings. The molecule has 19 heavy (non-hydrogen) atoms. The first-order valence-corrected chi connectivity index (χ1v) is 5.42. The number of sulfonamides is 1. The van der Waals surface area contributed by atoms with Gasteiger partial charge in [0.05, 0.1) is 6.26 Å². The van der Waals surface area contributed by atoms with Gasteiger partial charge in [0, 0.05) is 0 Å². The summed E-state index contributed by atoms with van der Waals surface area (Å²) < 4.78 is 82.3. The molecular formula is C5H7F6NO6S. The van der Waals surface area contributed by atoms with Crippen LogP contribution in [0.4, 0.5) is 26.3 Å². The molecule has 0 atom stereocenters. The van der Waals surface area contributed by atoms with Gasteiger partial charge in [-0.2, -0.15) is 26.3 Å². The highest BCUT2D eigenvalue weighted by atomic mass is 32.2. The zero-order chi connectivity index (χ0) is 16.7. The minimum absolute atomic E-state index is 0.938. The topological polar surface area (TPSA) is 135 Å². The fourth-order valence-electron chi connectivity index (χ4n) is 0. The molecular weight excluding hydrogens is 316 g/mol. The maximum absolute atomic E-state index is 10.6. The second kappa shape index (κ2) is 7.78. The van der Waals surface area contributed by atoms with E-state index in [1.807, 2.05) is 0 Å². The second-order valence-electron chi connectivity index (χ2n) is 2.44. The molecule has 4 N–H and O–H groups in total. The lowest BCUT2D eigenvalue weighted by molar-refractivity contribution is -0.193. The van der Waals surface area contributed by atoms with E-state index in [9.17, 15) is 34.8 Å². The summed E-state index contributed by atoms with van der Waals surface area (Å²) in [5.74, 6) is -5.51. The number of aliphatic carboxylic acids is 2. The third-order valence-electron chi connectivity index (χ3n) is 0.485. The number of hydrogen-bond donors (Lipinski definition) is 3. The van der Waals surface area contributed by atoms with Crippen LogP contribution in [-0.4, -0.2) is 49.2 Å². The molecule has 0 unspecified atom stereocenters. The van der Waals surface area contributed by atoms with Gasteiger partial charge in [0.2, 0.25) is 10.0 Å². The van der Waals surface area contributed by atoms with E-state index in [1.165, 1.54) is 0 Å². The lowest BCUT2D eigenvalue weighted by Crippen LogP contribution is -2.21. The summed E-state index contributed by atoms with van der Waals surface area (Å²) in [4.78, 5) is 17.8. The van der Waals surface area contributed by atoms with E-state index in [0.717, 1.165) is 6.26 Å². The molecule has 0 bridgehead atoms. The third-order valence-corrected chi connectivity index (χ3v) is 0.485. The number of carboxylic acid groups (broad SMARTS) is 2. The van der Waals surface area contributed by atoms with Crippen molar-refractivity contribution >= 4 is 22.0 Å². The molecule has 116 valence electrons. The number of primary sulfonamides is 1.